The van der Waals surface area contributed by atoms with Gasteiger partial charge in [0.2, 0.25) is 11.7 Å². The summed E-state index contributed by atoms with van der Waals surface area (Å²) in [4.78, 5) is 23.7. The van der Waals surface area contributed by atoms with Gasteiger partial charge in [0, 0.05) is 37.7 Å². The van der Waals surface area contributed by atoms with E-state index in [1.54, 1.807) is 18.3 Å². The number of pyridine rings is 1. The van der Waals surface area contributed by atoms with E-state index in [1.807, 2.05) is 17.8 Å². The normalized spacial score (nSPS) is 14.0. The first kappa shape index (κ1) is 22.6. The standard InChI is InChI=1S/C22H25F2N7O2/c1-4-33-18-11-25-19(27-13(2)32)9-17(18)28-20-8-16(29-21(30-20)22(3,23)24)14-10-26-31(12-14)15-6-5-7-15/h8-12,15H,4-7H2,1-3H3,(H2,25,27,28,29,30,32). The molecule has 0 atom stereocenters. The highest BCUT2D eigenvalue weighted by Crippen LogP contribution is 2.34. The van der Waals surface area contributed by atoms with Gasteiger partial charge >= 0.3 is 5.92 Å². The van der Waals surface area contributed by atoms with Gasteiger partial charge in [0.1, 0.15) is 11.6 Å². The van der Waals surface area contributed by atoms with E-state index in [-0.39, 0.29) is 17.5 Å². The molecule has 0 spiro atoms. The quantitative estimate of drug-likeness (QED) is 0.506. The number of halogens is 2. The molecule has 0 aromatic carbocycles. The van der Waals surface area contributed by atoms with Crippen molar-refractivity contribution in [3.8, 4) is 17.0 Å². The maximum atomic E-state index is 14.2. The number of aromatic nitrogens is 5. The molecule has 3 aromatic rings. The maximum Gasteiger partial charge on any atom is 0.303 e. The Labute approximate surface area is 189 Å². The lowest BCUT2D eigenvalue weighted by atomic mass is 9.93. The van der Waals surface area contributed by atoms with E-state index in [9.17, 15) is 13.6 Å². The zero-order valence-electron chi connectivity index (χ0n) is 18.6. The third-order valence-electron chi connectivity index (χ3n) is 5.20. The number of hydrogen-bond donors (Lipinski definition) is 2. The lowest BCUT2D eigenvalue weighted by Crippen LogP contribution is -2.17. The van der Waals surface area contributed by atoms with Gasteiger partial charge in [0.25, 0.3) is 0 Å². The number of alkyl halides is 2. The summed E-state index contributed by atoms with van der Waals surface area (Å²) in [5, 5.41) is 9.98. The number of carbonyl (C=O) groups is 1. The van der Waals surface area contributed by atoms with Crippen molar-refractivity contribution < 1.29 is 18.3 Å². The highest BCUT2D eigenvalue weighted by molar-refractivity contribution is 5.88. The van der Waals surface area contributed by atoms with Crippen LogP contribution in [-0.4, -0.2) is 37.2 Å². The van der Waals surface area contributed by atoms with Crippen molar-refractivity contribution >= 4 is 23.2 Å². The Kier molecular flexibility index (Phi) is 6.21. The third-order valence-corrected chi connectivity index (χ3v) is 5.20. The molecular formula is C22H25F2N7O2. The highest BCUT2D eigenvalue weighted by Gasteiger charge is 2.30. The van der Waals surface area contributed by atoms with Gasteiger partial charge in [-0.1, -0.05) is 0 Å². The van der Waals surface area contributed by atoms with E-state index < -0.39 is 11.7 Å². The predicted octanol–water partition coefficient (Wildman–Crippen LogP) is 4.67. The lowest BCUT2D eigenvalue weighted by Gasteiger charge is -2.25. The molecule has 1 amide bonds. The van der Waals surface area contributed by atoms with Crippen LogP contribution in [0.2, 0.25) is 0 Å². The molecule has 33 heavy (non-hydrogen) atoms. The van der Waals surface area contributed by atoms with Gasteiger partial charge in [-0.3, -0.25) is 9.48 Å². The molecule has 1 fully saturated rings. The fraction of sp³-hybridized carbons (Fsp3) is 0.409. The monoisotopic (exact) mass is 457 g/mol. The van der Waals surface area contributed by atoms with E-state index in [0.717, 1.165) is 26.2 Å². The minimum absolute atomic E-state index is 0.147. The van der Waals surface area contributed by atoms with E-state index >= 15 is 0 Å². The molecule has 11 heteroatoms. The Morgan fingerprint density at radius 2 is 2.03 bits per heavy atom. The first-order valence-corrected chi connectivity index (χ1v) is 10.7. The lowest BCUT2D eigenvalue weighted by molar-refractivity contribution is -0.114. The molecule has 0 radical (unpaired) electrons. The van der Waals surface area contributed by atoms with E-state index in [1.165, 1.54) is 13.1 Å². The van der Waals surface area contributed by atoms with E-state index in [2.05, 4.69) is 30.7 Å². The van der Waals surface area contributed by atoms with Gasteiger partial charge in [0.15, 0.2) is 5.75 Å². The van der Waals surface area contributed by atoms with E-state index in [4.69, 9.17) is 4.74 Å². The van der Waals surface area contributed by atoms with Crippen LogP contribution < -0.4 is 15.4 Å². The van der Waals surface area contributed by atoms with Crippen LogP contribution in [0.25, 0.3) is 11.3 Å². The average molecular weight is 457 g/mol. The van der Waals surface area contributed by atoms with Crippen LogP contribution in [0.3, 0.4) is 0 Å². The second-order valence-corrected chi connectivity index (χ2v) is 7.95. The first-order valence-electron chi connectivity index (χ1n) is 10.7. The molecular weight excluding hydrogens is 432 g/mol. The van der Waals surface area contributed by atoms with Crippen LogP contribution in [0.4, 0.5) is 26.1 Å². The highest BCUT2D eigenvalue weighted by atomic mass is 19.3. The van der Waals surface area contributed by atoms with E-state index in [0.29, 0.717) is 35.3 Å². The molecule has 0 aliphatic heterocycles. The number of carbonyl (C=O) groups excluding carboxylic acids is 1. The largest absolute Gasteiger partial charge is 0.490 e. The molecule has 9 nitrogen and oxygen atoms in total. The van der Waals surface area contributed by atoms with Crippen LogP contribution in [0.15, 0.2) is 30.7 Å². The molecule has 0 unspecified atom stereocenters. The van der Waals surface area contributed by atoms with Gasteiger partial charge in [-0.25, -0.2) is 15.0 Å². The molecule has 174 valence electrons. The van der Waals surface area contributed by atoms with Crippen molar-refractivity contribution in [1.29, 1.82) is 0 Å². The number of amides is 1. The summed E-state index contributed by atoms with van der Waals surface area (Å²) in [7, 11) is 0. The van der Waals surface area contributed by atoms with Gasteiger partial charge in [-0.05, 0) is 26.2 Å². The second kappa shape index (κ2) is 9.08. The molecule has 1 aliphatic rings. The first-order chi connectivity index (χ1) is 15.7. The summed E-state index contributed by atoms with van der Waals surface area (Å²) in [5.41, 5.74) is 1.36. The molecule has 2 N–H and O–H groups in total. The maximum absolute atomic E-state index is 14.2. The molecule has 3 aromatic heterocycles. The van der Waals surface area contributed by atoms with Crippen molar-refractivity contribution in [2.45, 2.75) is 52.0 Å². The van der Waals surface area contributed by atoms with Crippen LogP contribution in [0.5, 0.6) is 5.75 Å². The van der Waals surface area contributed by atoms with Crippen molar-refractivity contribution in [2.75, 3.05) is 17.2 Å². The Bertz CT molecular complexity index is 1160. The van der Waals surface area contributed by atoms with Gasteiger partial charge in [-0.15, -0.1) is 0 Å². The molecule has 0 bridgehead atoms. The summed E-state index contributed by atoms with van der Waals surface area (Å²) in [6.45, 7) is 4.29. The van der Waals surface area contributed by atoms with Crippen LogP contribution in [0.1, 0.15) is 51.9 Å². The number of rotatable bonds is 8. The minimum atomic E-state index is -3.25. The van der Waals surface area contributed by atoms with Crippen molar-refractivity contribution in [3.05, 3.63) is 36.5 Å². The fourth-order valence-electron chi connectivity index (χ4n) is 3.37. The van der Waals surface area contributed by atoms with Crippen molar-refractivity contribution in [2.24, 2.45) is 0 Å². The Balaban J connectivity index is 1.72. The minimum Gasteiger partial charge on any atom is -0.490 e. The summed E-state index contributed by atoms with van der Waals surface area (Å²) in [5.74, 6) is -3.35. The summed E-state index contributed by atoms with van der Waals surface area (Å²) >= 11 is 0. The molecule has 4 rings (SSSR count). The van der Waals surface area contributed by atoms with Crippen molar-refractivity contribution in [1.82, 2.24) is 24.7 Å². The molecule has 1 aliphatic carbocycles. The van der Waals surface area contributed by atoms with Crippen molar-refractivity contribution in [3.63, 3.8) is 0 Å². The predicted molar refractivity (Wildman–Crippen MR) is 119 cm³/mol. The zero-order chi connectivity index (χ0) is 23.6. The number of nitrogens with one attached hydrogen (secondary N) is 2. The Morgan fingerprint density at radius 3 is 2.67 bits per heavy atom. The van der Waals surface area contributed by atoms with Gasteiger partial charge in [-0.2, -0.15) is 13.9 Å². The SMILES string of the molecule is CCOc1cnc(NC(C)=O)cc1Nc1cc(-c2cnn(C3CCC3)c2)nc(C(C)(F)F)n1. The van der Waals surface area contributed by atoms with Crippen LogP contribution in [0, 0.1) is 0 Å². The third kappa shape index (κ3) is 5.24. The number of anilines is 3. The van der Waals surface area contributed by atoms with Crippen LogP contribution in [-0.2, 0) is 10.7 Å². The molecule has 0 saturated heterocycles. The average Bonchev–Trinajstić information content (AvgIpc) is 3.17. The summed E-state index contributed by atoms with van der Waals surface area (Å²) in [6, 6.07) is 3.46. The van der Waals surface area contributed by atoms with Crippen LogP contribution >= 0.6 is 0 Å². The fourth-order valence-corrected chi connectivity index (χ4v) is 3.37. The van der Waals surface area contributed by atoms with Gasteiger partial charge < -0.3 is 15.4 Å². The smallest absolute Gasteiger partial charge is 0.303 e. The number of ether oxygens (including phenoxy) is 1. The molecule has 1 saturated carbocycles. The van der Waals surface area contributed by atoms with Gasteiger partial charge in [0.05, 0.1) is 36.4 Å². The Hall–Kier alpha value is -3.63. The topological polar surface area (TPSA) is 107 Å². The second-order valence-electron chi connectivity index (χ2n) is 7.95. The Morgan fingerprint density at radius 1 is 1.24 bits per heavy atom. The zero-order valence-corrected chi connectivity index (χ0v) is 18.6. The number of nitrogens with zero attached hydrogens (tertiary/aromatic N) is 5. The summed E-state index contributed by atoms with van der Waals surface area (Å²) in [6.07, 6.45) is 8.14. The summed E-state index contributed by atoms with van der Waals surface area (Å²) < 4.78 is 35.9. The molecule has 3 heterocycles. The number of hydrogen-bond acceptors (Lipinski definition) is 7.